The Morgan fingerprint density at radius 1 is 1.05 bits per heavy atom. The van der Waals surface area contributed by atoms with Gasteiger partial charge in [-0.2, -0.15) is 8.42 Å². The van der Waals surface area contributed by atoms with Crippen molar-refractivity contribution in [3.63, 3.8) is 0 Å². The van der Waals surface area contributed by atoms with E-state index in [0.29, 0.717) is 39.5 Å². The summed E-state index contributed by atoms with van der Waals surface area (Å²) in [5.41, 5.74) is 4.63. The van der Waals surface area contributed by atoms with Gasteiger partial charge in [0.05, 0.1) is 16.4 Å². The Labute approximate surface area is 245 Å². The lowest BCUT2D eigenvalue weighted by molar-refractivity contribution is -0.108. The molecule has 0 aliphatic carbocycles. The van der Waals surface area contributed by atoms with Crippen molar-refractivity contribution in [2.75, 3.05) is 11.4 Å². The highest BCUT2D eigenvalue weighted by Gasteiger charge is 2.19. The summed E-state index contributed by atoms with van der Waals surface area (Å²) in [6, 6.07) is 20.5. The number of imidazole rings is 1. The van der Waals surface area contributed by atoms with E-state index in [0.717, 1.165) is 33.2 Å². The van der Waals surface area contributed by atoms with E-state index in [1.807, 2.05) is 27.6 Å². The molecule has 4 aromatic rings. The summed E-state index contributed by atoms with van der Waals surface area (Å²) in [7, 11) is -2.66. The third-order valence-corrected chi connectivity index (χ3v) is 8.15. The van der Waals surface area contributed by atoms with Crippen LogP contribution in [0.15, 0.2) is 79.0 Å². The fourth-order valence-electron chi connectivity index (χ4n) is 4.12. The molecule has 0 bridgehead atoms. The third-order valence-electron chi connectivity index (χ3n) is 6.27. The first-order valence-electron chi connectivity index (χ1n) is 12.7. The molecule has 0 aliphatic rings. The standard InChI is InChI=1S/C30H30Cl2N4O3S/c1-21(2)6-4-7-22-10-12-23(13-11-22)16-30-34-29(27-15-14-24(31)17-28(27)32)19-36(30)26-9-5-8-25(18-26)35(3)40(38,39)33-20-37/h4-5,7-15,17-21H,6,16H2,1-3H3,(H,33,37)/b7-4+. The molecule has 7 nitrogen and oxygen atoms in total. The van der Waals surface area contributed by atoms with Crippen LogP contribution < -0.4 is 9.03 Å². The van der Waals surface area contributed by atoms with Crippen LogP contribution in [0.25, 0.3) is 23.0 Å². The summed E-state index contributed by atoms with van der Waals surface area (Å²) in [5, 5.41) is 0.998. The quantitative estimate of drug-likeness (QED) is 0.190. The van der Waals surface area contributed by atoms with E-state index in [1.165, 1.54) is 7.05 Å². The highest BCUT2D eigenvalue weighted by molar-refractivity contribution is 7.91. The number of nitrogens with zero attached hydrogens (tertiary/aromatic N) is 3. The average Bonchev–Trinajstić information content (AvgIpc) is 3.32. The minimum Gasteiger partial charge on any atom is -0.303 e. The Kier molecular flexibility index (Phi) is 9.35. The van der Waals surface area contributed by atoms with Crippen molar-refractivity contribution < 1.29 is 13.2 Å². The van der Waals surface area contributed by atoms with Crippen molar-refractivity contribution >= 4 is 51.6 Å². The summed E-state index contributed by atoms with van der Waals surface area (Å²) in [6.45, 7) is 4.38. The zero-order chi connectivity index (χ0) is 28.9. The van der Waals surface area contributed by atoms with Gasteiger partial charge in [0.25, 0.3) is 0 Å². The first-order chi connectivity index (χ1) is 19.1. The van der Waals surface area contributed by atoms with Crippen molar-refractivity contribution in [1.29, 1.82) is 0 Å². The number of allylic oxidation sites excluding steroid dienone is 1. The van der Waals surface area contributed by atoms with Gasteiger partial charge in [0, 0.05) is 35.9 Å². The number of carbonyl (C=O) groups is 1. The number of hydrogen-bond donors (Lipinski definition) is 1. The largest absolute Gasteiger partial charge is 0.325 e. The molecular weight excluding hydrogens is 567 g/mol. The van der Waals surface area contributed by atoms with Gasteiger partial charge in [-0.1, -0.05) is 79.5 Å². The summed E-state index contributed by atoms with van der Waals surface area (Å²) in [5.74, 6) is 1.34. The molecule has 0 radical (unpaired) electrons. The molecule has 1 amide bonds. The molecule has 3 aromatic carbocycles. The van der Waals surface area contributed by atoms with Gasteiger partial charge in [0.2, 0.25) is 6.41 Å². The summed E-state index contributed by atoms with van der Waals surface area (Å²) >= 11 is 12.6. The normalized spacial score (nSPS) is 11.8. The molecule has 0 fully saturated rings. The maximum absolute atomic E-state index is 12.4. The van der Waals surface area contributed by atoms with Gasteiger partial charge in [-0.15, -0.1) is 0 Å². The van der Waals surface area contributed by atoms with E-state index in [-0.39, 0.29) is 6.41 Å². The lowest BCUT2D eigenvalue weighted by Crippen LogP contribution is -2.37. The third kappa shape index (κ3) is 7.13. The second-order valence-corrected chi connectivity index (χ2v) is 12.3. The van der Waals surface area contributed by atoms with Gasteiger partial charge >= 0.3 is 10.2 Å². The lowest BCUT2D eigenvalue weighted by atomic mass is 10.1. The minimum atomic E-state index is -4.03. The van der Waals surface area contributed by atoms with Crippen LogP contribution in [-0.2, 0) is 21.4 Å². The fourth-order valence-corrected chi connectivity index (χ4v) is 5.29. The Morgan fingerprint density at radius 3 is 2.48 bits per heavy atom. The van der Waals surface area contributed by atoms with Crippen LogP contribution in [0.3, 0.4) is 0 Å². The van der Waals surface area contributed by atoms with E-state index >= 15 is 0 Å². The Bertz CT molecular complexity index is 1630. The number of benzene rings is 3. The molecule has 0 atom stereocenters. The number of rotatable bonds is 11. The van der Waals surface area contributed by atoms with Gasteiger partial charge in [-0.3, -0.25) is 9.10 Å². The smallest absolute Gasteiger partial charge is 0.303 e. The fraction of sp³-hybridized carbons (Fsp3) is 0.200. The maximum Gasteiger partial charge on any atom is 0.325 e. The second-order valence-electron chi connectivity index (χ2n) is 9.71. The predicted molar refractivity (Wildman–Crippen MR) is 163 cm³/mol. The molecule has 1 heterocycles. The number of halogens is 2. The van der Waals surface area contributed by atoms with Crippen molar-refractivity contribution in [2.24, 2.45) is 5.92 Å². The van der Waals surface area contributed by atoms with Gasteiger partial charge in [-0.25, -0.2) is 9.71 Å². The molecule has 0 unspecified atom stereocenters. The maximum atomic E-state index is 12.4. The zero-order valence-corrected chi connectivity index (χ0v) is 24.7. The van der Waals surface area contributed by atoms with Gasteiger partial charge in [0.1, 0.15) is 5.82 Å². The van der Waals surface area contributed by atoms with Crippen LogP contribution in [0, 0.1) is 5.92 Å². The van der Waals surface area contributed by atoms with Crippen LogP contribution in [-0.4, -0.2) is 31.4 Å². The van der Waals surface area contributed by atoms with Crippen LogP contribution in [0.4, 0.5) is 5.69 Å². The highest BCUT2D eigenvalue weighted by atomic mass is 35.5. The van der Waals surface area contributed by atoms with Gasteiger partial charge in [-0.05, 0) is 59.9 Å². The molecule has 0 aliphatic heterocycles. The topological polar surface area (TPSA) is 84.3 Å². The number of aromatic nitrogens is 2. The van der Waals surface area contributed by atoms with Crippen LogP contribution >= 0.6 is 23.2 Å². The molecule has 1 aromatic heterocycles. The second kappa shape index (κ2) is 12.7. The first-order valence-corrected chi connectivity index (χ1v) is 14.9. The number of amides is 1. The van der Waals surface area contributed by atoms with Crippen molar-refractivity contribution in [3.8, 4) is 16.9 Å². The minimum absolute atomic E-state index is 0.136. The summed E-state index contributed by atoms with van der Waals surface area (Å²) in [4.78, 5) is 15.7. The van der Waals surface area contributed by atoms with E-state index in [1.54, 1.807) is 30.3 Å². The van der Waals surface area contributed by atoms with E-state index in [9.17, 15) is 13.2 Å². The molecule has 40 heavy (non-hydrogen) atoms. The predicted octanol–water partition coefficient (Wildman–Crippen LogP) is 6.92. The Hall–Kier alpha value is -3.59. The monoisotopic (exact) mass is 596 g/mol. The van der Waals surface area contributed by atoms with Crippen molar-refractivity contribution in [2.45, 2.75) is 26.7 Å². The SMILES string of the molecule is CC(C)C/C=C/c1ccc(Cc2nc(-c3ccc(Cl)cc3Cl)cn2-c2cccc(N(C)S(=O)(=O)NC=O)c2)cc1. The molecular formula is C30H30Cl2N4O3S. The van der Waals surface area contributed by atoms with Gasteiger partial charge in [0.15, 0.2) is 0 Å². The van der Waals surface area contributed by atoms with Gasteiger partial charge < -0.3 is 4.57 Å². The summed E-state index contributed by atoms with van der Waals surface area (Å²) < 4.78 is 29.6. The van der Waals surface area contributed by atoms with E-state index in [2.05, 4.69) is 50.3 Å². The first kappa shape index (κ1) is 29.4. The number of nitrogens with one attached hydrogen (secondary N) is 1. The lowest BCUT2D eigenvalue weighted by Gasteiger charge is -2.19. The van der Waals surface area contributed by atoms with Crippen molar-refractivity contribution in [3.05, 3.63) is 106 Å². The number of anilines is 1. The molecule has 10 heteroatoms. The average molecular weight is 598 g/mol. The van der Waals surface area contributed by atoms with E-state index in [4.69, 9.17) is 28.2 Å². The van der Waals surface area contributed by atoms with Crippen molar-refractivity contribution in [1.82, 2.24) is 14.3 Å². The molecule has 0 spiro atoms. The molecule has 1 N–H and O–H groups in total. The Balaban J connectivity index is 1.73. The van der Waals surface area contributed by atoms with E-state index < -0.39 is 10.2 Å². The number of carbonyl (C=O) groups excluding carboxylic acids is 1. The van der Waals surface area contributed by atoms with Crippen LogP contribution in [0.2, 0.25) is 10.0 Å². The van der Waals surface area contributed by atoms with Crippen LogP contribution in [0.1, 0.15) is 37.2 Å². The molecule has 0 saturated carbocycles. The zero-order valence-electron chi connectivity index (χ0n) is 22.4. The Morgan fingerprint density at radius 2 is 1.80 bits per heavy atom. The van der Waals surface area contributed by atoms with Crippen LogP contribution in [0.5, 0.6) is 0 Å². The molecule has 0 saturated heterocycles. The molecule has 208 valence electrons. The highest BCUT2D eigenvalue weighted by Crippen LogP contribution is 2.32. The summed E-state index contributed by atoms with van der Waals surface area (Å²) in [6.07, 6.45) is 7.86. The number of hydrogen-bond acceptors (Lipinski definition) is 4. The molecule has 4 rings (SSSR count).